The topological polar surface area (TPSA) is 106 Å². The van der Waals surface area contributed by atoms with E-state index in [9.17, 15) is 14.7 Å². The van der Waals surface area contributed by atoms with Gasteiger partial charge in [0.1, 0.15) is 11.5 Å². The molecule has 0 unspecified atom stereocenters. The van der Waals surface area contributed by atoms with Gasteiger partial charge >= 0.3 is 11.9 Å². The van der Waals surface area contributed by atoms with Crippen LogP contribution in [0.5, 0.6) is 11.5 Å². The number of nitrogens with zero attached hydrogens (tertiary/aromatic N) is 1. The van der Waals surface area contributed by atoms with E-state index in [0.29, 0.717) is 10.9 Å². The third-order valence-electron chi connectivity index (χ3n) is 2.52. The van der Waals surface area contributed by atoms with Gasteiger partial charge in [-0.25, -0.2) is 14.6 Å². The first-order valence-electron chi connectivity index (χ1n) is 5.58. The summed E-state index contributed by atoms with van der Waals surface area (Å²) in [5.41, 5.74) is 0.352. The molecule has 7 heteroatoms. The monoisotopic (exact) mass is 277 g/mol. The Morgan fingerprint density at radius 2 is 2.05 bits per heavy atom. The molecule has 0 aliphatic rings. The molecule has 0 saturated carbocycles. The Hall–Kier alpha value is -2.83. The summed E-state index contributed by atoms with van der Waals surface area (Å²) in [5.74, 6) is -1.65. The molecule has 1 aromatic carbocycles. The first kappa shape index (κ1) is 13.6. The van der Waals surface area contributed by atoms with Crippen LogP contribution in [0.15, 0.2) is 24.3 Å². The molecule has 0 saturated heterocycles. The van der Waals surface area contributed by atoms with Crippen LogP contribution >= 0.6 is 0 Å². The first-order chi connectivity index (χ1) is 9.51. The SMILES string of the molecule is COC(=O)c1cc(O)c2cc(OCC(=O)O)ccc2n1. The summed E-state index contributed by atoms with van der Waals surface area (Å²) >= 11 is 0. The zero-order valence-electron chi connectivity index (χ0n) is 10.5. The molecule has 0 spiro atoms. The lowest BCUT2D eigenvalue weighted by Crippen LogP contribution is -2.09. The smallest absolute Gasteiger partial charge is 0.356 e. The van der Waals surface area contributed by atoms with Crippen LogP contribution in [0.4, 0.5) is 0 Å². The molecule has 0 radical (unpaired) electrons. The molecule has 0 amide bonds. The minimum Gasteiger partial charge on any atom is -0.507 e. The summed E-state index contributed by atoms with van der Waals surface area (Å²) in [7, 11) is 1.22. The Labute approximate surface area is 113 Å². The fourth-order valence-electron chi connectivity index (χ4n) is 1.63. The quantitative estimate of drug-likeness (QED) is 0.808. The van der Waals surface area contributed by atoms with Crippen LogP contribution in [0, 0.1) is 0 Å². The highest BCUT2D eigenvalue weighted by atomic mass is 16.5. The number of carboxylic acid groups (broad SMARTS) is 1. The Kier molecular flexibility index (Phi) is 3.69. The lowest BCUT2D eigenvalue weighted by molar-refractivity contribution is -0.139. The molecule has 0 aliphatic heterocycles. The molecule has 2 N–H and O–H groups in total. The van der Waals surface area contributed by atoms with Gasteiger partial charge in [0, 0.05) is 11.5 Å². The summed E-state index contributed by atoms with van der Waals surface area (Å²) in [6, 6.07) is 5.63. The molecule has 0 bridgehead atoms. The van der Waals surface area contributed by atoms with Crippen LogP contribution in [0.1, 0.15) is 10.5 Å². The van der Waals surface area contributed by atoms with Crippen LogP contribution in [0.3, 0.4) is 0 Å². The maximum atomic E-state index is 11.4. The van der Waals surface area contributed by atoms with Gasteiger partial charge in [-0.2, -0.15) is 0 Å². The van der Waals surface area contributed by atoms with Gasteiger partial charge in [-0.3, -0.25) is 0 Å². The summed E-state index contributed by atoms with van der Waals surface area (Å²) in [4.78, 5) is 25.8. The number of ether oxygens (including phenoxy) is 2. The molecule has 1 heterocycles. The highest BCUT2D eigenvalue weighted by molar-refractivity contribution is 5.94. The predicted molar refractivity (Wildman–Crippen MR) is 67.9 cm³/mol. The fourth-order valence-corrected chi connectivity index (χ4v) is 1.63. The molecule has 2 rings (SSSR count). The fraction of sp³-hybridized carbons (Fsp3) is 0.154. The van der Waals surface area contributed by atoms with Gasteiger partial charge in [-0.05, 0) is 18.2 Å². The van der Waals surface area contributed by atoms with Crippen molar-refractivity contribution in [3.8, 4) is 11.5 Å². The second-order valence-electron chi connectivity index (χ2n) is 3.88. The van der Waals surface area contributed by atoms with Crippen LogP contribution in [-0.4, -0.2) is 40.9 Å². The van der Waals surface area contributed by atoms with Crippen molar-refractivity contribution in [1.29, 1.82) is 0 Å². The summed E-state index contributed by atoms with van der Waals surface area (Å²) in [5, 5.41) is 18.8. The number of carbonyl (C=O) groups is 2. The number of hydrogen-bond acceptors (Lipinski definition) is 6. The van der Waals surface area contributed by atoms with Gasteiger partial charge < -0.3 is 19.7 Å². The average Bonchev–Trinajstić information content (AvgIpc) is 2.44. The van der Waals surface area contributed by atoms with Crippen molar-refractivity contribution in [2.24, 2.45) is 0 Å². The number of benzene rings is 1. The van der Waals surface area contributed by atoms with Crippen molar-refractivity contribution < 1.29 is 29.3 Å². The van der Waals surface area contributed by atoms with Gasteiger partial charge in [0.15, 0.2) is 12.3 Å². The third kappa shape index (κ3) is 2.77. The predicted octanol–water partition coefficient (Wildman–Crippen LogP) is 1.19. The summed E-state index contributed by atoms with van der Waals surface area (Å²) < 4.78 is 9.53. The van der Waals surface area contributed by atoms with Gasteiger partial charge in [-0.1, -0.05) is 0 Å². The largest absolute Gasteiger partial charge is 0.507 e. The molecule has 0 aliphatic carbocycles. The highest BCUT2D eigenvalue weighted by Gasteiger charge is 2.12. The van der Waals surface area contributed by atoms with Gasteiger partial charge in [0.25, 0.3) is 0 Å². The molecule has 20 heavy (non-hydrogen) atoms. The Bertz CT molecular complexity index is 682. The first-order valence-corrected chi connectivity index (χ1v) is 5.58. The van der Waals surface area contributed by atoms with Crippen LogP contribution in [0.25, 0.3) is 10.9 Å². The van der Waals surface area contributed by atoms with E-state index in [0.717, 1.165) is 0 Å². The number of pyridine rings is 1. The average molecular weight is 277 g/mol. The molecule has 2 aromatic rings. The number of aromatic nitrogens is 1. The number of aliphatic carboxylic acids is 1. The minimum atomic E-state index is -1.10. The number of hydrogen-bond donors (Lipinski definition) is 2. The standard InChI is InChI=1S/C13H11NO6/c1-19-13(18)10-5-11(15)8-4-7(20-6-12(16)17)2-3-9(8)14-10/h2-5H,6H2,1H3,(H,14,15)(H,16,17). The Morgan fingerprint density at radius 1 is 1.30 bits per heavy atom. The van der Waals surface area contributed by atoms with E-state index in [1.165, 1.54) is 31.4 Å². The van der Waals surface area contributed by atoms with Crippen molar-refractivity contribution >= 4 is 22.8 Å². The molecule has 7 nitrogen and oxygen atoms in total. The van der Waals surface area contributed by atoms with Crippen LogP contribution in [0.2, 0.25) is 0 Å². The normalized spacial score (nSPS) is 10.2. The number of fused-ring (bicyclic) bond motifs is 1. The Morgan fingerprint density at radius 3 is 2.70 bits per heavy atom. The van der Waals surface area contributed by atoms with Crippen LogP contribution < -0.4 is 4.74 Å². The van der Waals surface area contributed by atoms with E-state index in [1.807, 2.05) is 0 Å². The lowest BCUT2D eigenvalue weighted by atomic mass is 10.1. The molecule has 1 aromatic heterocycles. The van der Waals surface area contributed by atoms with E-state index in [1.54, 1.807) is 0 Å². The molecule has 104 valence electrons. The van der Waals surface area contributed by atoms with Crippen molar-refractivity contribution in [2.45, 2.75) is 0 Å². The van der Waals surface area contributed by atoms with Crippen molar-refractivity contribution in [3.63, 3.8) is 0 Å². The maximum absolute atomic E-state index is 11.4. The second kappa shape index (κ2) is 5.43. The summed E-state index contributed by atoms with van der Waals surface area (Å²) in [6.07, 6.45) is 0. The molecular weight excluding hydrogens is 266 g/mol. The molecule has 0 atom stereocenters. The molecular formula is C13H11NO6. The van der Waals surface area contributed by atoms with Gasteiger partial charge in [0.2, 0.25) is 0 Å². The zero-order valence-corrected chi connectivity index (χ0v) is 10.5. The number of methoxy groups -OCH3 is 1. The molecule has 0 fully saturated rings. The van der Waals surface area contributed by atoms with Crippen molar-refractivity contribution in [2.75, 3.05) is 13.7 Å². The van der Waals surface area contributed by atoms with Crippen molar-refractivity contribution in [1.82, 2.24) is 4.98 Å². The maximum Gasteiger partial charge on any atom is 0.356 e. The van der Waals surface area contributed by atoms with Crippen LogP contribution in [-0.2, 0) is 9.53 Å². The number of aromatic hydroxyl groups is 1. The Balaban J connectivity index is 2.41. The second-order valence-corrected chi connectivity index (χ2v) is 3.88. The number of carboxylic acids is 1. The minimum absolute atomic E-state index is 0.0169. The van der Waals surface area contributed by atoms with E-state index in [4.69, 9.17) is 9.84 Å². The van der Waals surface area contributed by atoms with E-state index in [2.05, 4.69) is 9.72 Å². The van der Waals surface area contributed by atoms with E-state index in [-0.39, 0.29) is 17.2 Å². The van der Waals surface area contributed by atoms with Gasteiger partial charge in [-0.15, -0.1) is 0 Å². The van der Waals surface area contributed by atoms with Crippen molar-refractivity contribution in [3.05, 3.63) is 30.0 Å². The van der Waals surface area contributed by atoms with E-state index < -0.39 is 18.5 Å². The van der Waals surface area contributed by atoms with Gasteiger partial charge in [0.05, 0.1) is 12.6 Å². The number of carbonyl (C=O) groups excluding carboxylic acids is 1. The lowest BCUT2D eigenvalue weighted by Gasteiger charge is -2.07. The number of rotatable bonds is 4. The zero-order chi connectivity index (χ0) is 14.7. The number of esters is 1. The van der Waals surface area contributed by atoms with E-state index >= 15 is 0 Å². The highest BCUT2D eigenvalue weighted by Crippen LogP contribution is 2.28. The third-order valence-corrected chi connectivity index (χ3v) is 2.52. The summed E-state index contributed by atoms with van der Waals surface area (Å²) in [6.45, 7) is -0.486.